The molecule has 0 spiro atoms. The van der Waals surface area contributed by atoms with Gasteiger partial charge in [0.2, 0.25) is 0 Å². The minimum absolute atomic E-state index is 0.341. The van der Waals surface area contributed by atoms with Gasteiger partial charge in [-0.2, -0.15) is 5.10 Å². The molecule has 3 rings (SSSR count). The second-order valence-electron chi connectivity index (χ2n) is 6.25. The van der Waals surface area contributed by atoms with Crippen molar-refractivity contribution in [2.24, 2.45) is 5.92 Å². The van der Waals surface area contributed by atoms with Crippen LogP contribution in [0, 0.1) is 5.92 Å². The lowest BCUT2D eigenvalue weighted by Gasteiger charge is -2.28. The molecule has 0 unspecified atom stereocenters. The number of piperidine rings is 1. The van der Waals surface area contributed by atoms with Crippen molar-refractivity contribution in [3.63, 3.8) is 0 Å². The van der Waals surface area contributed by atoms with Gasteiger partial charge < -0.3 is 9.64 Å². The molecule has 0 atom stereocenters. The molecule has 2 fully saturated rings. The van der Waals surface area contributed by atoms with Crippen LogP contribution in [0.15, 0.2) is 6.20 Å². The summed E-state index contributed by atoms with van der Waals surface area (Å²) in [6.45, 7) is 3.27. The summed E-state index contributed by atoms with van der Waals surface area (Å²) >= 11 is 6.42. The molecule has 1 aliphatic carbocycles. The van der Waals surface area contributed by atoms with Gasteiger partial charge in [-0.25, -0.2) is 0 Å². The first kappa shape index (κ1) is 14.2. The van der Waals surface area contributed by atoms with Crippen molar-refractivity contribution >= 4 is 11.6 Å². The Kier molecular flexibility index (Phi) is 4.51. The highest BCUT2D eigenvalue weighted by Crippen LogP contribution is 2.30. The minimum Gasteiger partial charge on any atom is -0.486 e. The van der Waals surface area contributed by atoms with E-state index in [4.69, 9.17) is 16.3 Å². The maximum atomic E-state index is 6.42. The van der Waals surface area contributed by atoms with E-state index in [9.17, 15) is 0 Å². The molecular weight excluding hydrogens is 274 g/mol. The average molecular weight is 298 g/mol. The Morgan fingerprint density at radius 1 is 1.25 bits per heavy atom. The minimum atomic E-state index is 0.341. The normalized spacial score (nSPS) is 22.5. The third-order valence-electron chi connectivity index (χ3n) is 4.61. The highest BCUT2D eigenvalue weighted by Gasteiger charge is 2.22. The fourth-order valence-corrected chi connectivity index (χ4v) is 3.44. The Bertz CT molecular complexity index is 434. The standard InChI is InChI=1S/C15H24ClN3O/c1-18-8-6-12(7-9-18)11-19-15(16)14(10-17-19)20-13-4-2-3-5-13/h10,12-13H,2-9,11H2,1H3. The van der Waals surface area contributed by atoms with Crippen molar-refractivity contribution in [3.8, 4) is 5.75 Å². The molecule has 1 saturated heterocycles. The van der Waals surface area contributed by atoms with E-state index < -0.39 is 0 Å². The molecule has 0 bridgehead atoms. The maximum absolute atomic E-state index is 6.42. The highest BCUT2D eigenvalue weighted by molar-refractivity contribution is 6.31. The summed E-state index contributed by atoms with van der Waals surface area (Å²) < 4.78 is 7.89. The van der Waals surface area contributed by atoms with E-state index >= 15 is 0 Å². The molecule has 1 aromatic heterocycles. The van der Waals surface area contributed by atoms with Gasteiger partial charge in [0.1, 0.15) is 0 Å². The van der Waals surface area contributed by atoms with Gasteiger partial charge in [-0.15, -0.1) is 0 Å². The van der Waals surface area contributed by atoms with Crippen molar-refractivity contribution in [3.05, 3.63) is 11.3 Å². The summed E-state index contributed by atoms with van der Waals surface area (Å²) in [5, 5.41) is 5.09. The molecular formula is C15H24ClN3O. The number of nitrogens with zero attached hydrogens (tertiary/aromatic N) is 3. The van der Waals surface area contributed by atoms with Crippen LogP contribution in [0.1, 0.15) is 38.5 Å². The first-order chi connectivity index (χ1) is 9.72. The van der Waals surface area contributed by atoms with E-state index in [2.05, 4.69) is 17.0 Å². The van der Waals surface area contributed by atoms with Crippen molar-refractivity contribution in [1.29, 1.82) is 0 Å². The molecule has 0 N–H and O–H groups in total. The Labute approximate surface area is 126 Å². The number of hydrogen-bond donors (Lipinski definition) is 0. The van der Waals surface area contributed by atoms with Crippen LogP contribution in [0.2, 0.25) is 5.15 Å². The summed E-state index contributed by atoms with van der Waals surface area (Å²) in [7, 11) is 2.19. The molecule has 2 heterocycles. The van der Waals surface area contributed by atoms with E-state index in [1.165, 1.54) is 38.8 Å². The van der Waals surface area contributed by atoms with Crippen LogP contribution in [0.5, 0.6) is 5.75 Å². The highest BCUT2D eigenvalue weighted by atomic mass is 35.5. The maximum Gasteiger partial charge on any atom is 0.176 e. The zero-order chi connectivity index (χ0) is 13.9. The number of ether oxygens (including phenoxy) is 1. The van der Waals surface area contributed by atoms with Gasteiger partial charge >= 0.3 is 0 Å². The van der Waals surface area contributed by atoms with Gasteiger partial charge in [0.25, 0.3) is 0 Å². The van der Waals surface area contributed by atoms with Gasteiger partial charge in [-0.3, -0.25) is 4.68 Å². The lowest BCUT2D eigenvalue weighted by atomic mass is 9.97. The van der Waals surface area contributed by atoms with Crippen LogP contribution in [0.25, 0.3) is 0 Å². The number of likely N-dealkylation sites (tertiary alicyclic amines) is 1. The fraction of sp³-hybridized carbons (Fsp3) is 0.800. The summed E-state index contributed by atoms with van der Waals surface area (Å²) in [4.78, 5) is 2.38. The van der Waals surface area contributed by atoms with Crippen LogP contribution in [-0.2, 0) is 6.54 Å². The topological polar surface area (TPSA) is 30.3 Å². The first-order valence-electron chi connectivity index (χ1n) is 7.79. The second-order valence-corrected chi connectivity index (χ2v) is 6.61. The number of halogens is 1. The largest absolute Gasteiger partial charge is 0.486 e. The van der Waals surface area contributed by atoms with Gasteiger partial charge in [0.15, 0.2) is 10.9 Å². The summed E-state index contributed by atoms with van der Waals surface area (Å²) in [5.74, 6) is 1.45. The van der Waals surface area contributed by atoms with E-state index in [0.29, 0.717) is 17.2 Å². The molecule has 1 saturated carbocycles. The number of aromatic nitrogens is 2. The predicted molar refractivity (Wildman–Crippen MR) is 80.3 cm³/mol. The molecule has 4 nitrogen and oxygen atoms in total. The fourth-order valence-electron chi connectivity index (χ4n) is 3.23. The van der Waals surface area contributed by atoms with E-state index in [1.54, 1.807) is 6.20 Å². The molecule has 112 valence electrons. The zero-order valence-corrected chi connectivity index (χ0v) is 13.0. The Balaban J connectivity index is 1.58. The van der Waals surface area contributed by atoms with Crippen molar-refractivity contribution in [2.75, 3.05) is 20.1 Å². The molecule has 1 aromatic rings. The molecule has 20 heavy (non-hydrogen) atoms. The molecule has 0 aromatic carbocycles. The third kappa shape index (κ3) is 3.29. The molecule has 0 amide bonds. The van der Waals surface area contributed by atoms with Crippen LogP contribution >= 0.6 is 11.6 Å². The molecule has 2 aliphatic rings. The van der Waals surface area contributed by atoms with Crippen molar-refractivity contribution in [1.82, 2.24) is 14.7 Å². The Morgan fingerprint density at radius 2 is 1.95 bits per heavy atom. The van der Waals surface area contributed by atoms with E-state index in [1.807, 2.05) is 4.68 Å². The summed E-state index contributed by atoms with van der Waals surface area (Å²) in [5.41, 5.74) is 0. The van der Waals surface area contributed by atoms with Crippen LogP contribution < -0.4 is 4.74 Å². The monoisotopic (exact) mass is 297 g/mol. The summed E-state index contributed by atoms with van der Waals surface area (Å²) in [6.07, 6.45) is 9.42. The van der Waals surface area contributed by atoms with Gasteiger partial charge in [-0.1, -0.05) is 11.6 Å². The average Bonchev–Trinajstić information content (AvgIpc) is 3.06. The molecule has 5 heteroatoms. The zero-order valence-electron chi connectivity index (χ0n) is 12.2. The van der Waals surface area contributed by atoms with Gasteiger partial charge in [0, 0.05) is 6.54 Å². The Hall–Kier alpha value is -0.740. The smallest absolute Gasteiger partial charge is 0.176 e. The lowest BCUT2D eigenvalue weighted by Crippen LogP contribution is -2.32. The van der Waals surface area contributed by atoms with Crippen LogP contribution in [0.3, 0.4) is 0 Å². The Morgan fingerprint density at radius 3 is 2.65 bits per heavy atom. The number of rotatable bonds is 4. The van der Waals surface area contributed by atoms with Crippen molar-refractivity contribution in [2.45, 2.75) is 51.2 Å². The predicted octanol–water partition coefficient (Wildman–Crippen LogP) is 3.20. The van der Waals surface area contributed by atoms with Crippen LogP contribution in [0.4, 0.5) is 0 Å². The van der Waals surface area contributed by atoms with Crippen molar-refractivity contribution < 1.29 is 4.74 Å². The molecule has 1 aliphatic heterocycles. The second kappa shape index (κ2) is 6.35. The number of hydrogen-bond acceptors (Lipinski definition) is 3. The van der Waals surface area contributed by atoms with Crippen LogP contribution in [-0.4, -0.2) is 40.9 Å². The summed E-state index contributed by atoms with van der Waals surface area (Å²) in [6, 6.07) is 0. The van der Waals surface area contributed by atoms with Gasteiger partial charge in [0.05, 0.1) is 12.3 Å². The third-order valence-corrected chi connectivity index (χ3v) is 4.99. The quantitative estimate of drug-likeness (QED) is 0.855. The van der Waals surface area contributed by atoms with E-state index in [-0.39, 0.29) is 0 Å². The first-order valence-corrected chi connectivity index (χ1v) is 8.16. The SMILES string of the molecule is CN1CCC(Cn2ncc(OC3CCCC3)c2Cl)CC1. The molecule has 0 radical (unpaired) electrons. The van der Waals surface area contributed by atoms with Gasteiger partial charge in [-0.05, 0) is 64.6 Å². The lowest BCUT2D eigenvalue weighted by molar-refractivity contribution is 0.199. The van der Waals surface area contributed by atoms with E-state index in [0.717, 1.165) is 25.1 Å².